The third kappa shape index (κ3) is 3.31. The molecule has 3 rings (SSSR count). The van der Waals surface area contributed by atoms with E-state index in [4.69, 9.17) is 0 Å². The number of nitrogens with one attached hydrogen (secondary N) is 1. The first-order valence-corrected chi connectivity index (χ1v) is 7.56. The van der Waals surface area contributed by atoms with Gasteiger partial charge in [-0.25, -0.2) is 0 Å². The van der Waals surface area contributed by atoms with Gasteiger partial charge in [-0.2, -0.15) is 0 Å². The smallest absolute Gasteiger partial charge is 0.226 e. The molecule has 0 radical (unpaired) electrons. The van der Waals surface area contributed by atoms with Crippen molar-refractivity contribution in [2.45, 2.75) is 19.4 Å². The lowest BCUT2D eigenvalue weighted by Gasteiger charge is -2.32. The van der Waals surface area contributed by atoms with Crippen LogP contribution in [-0.4, -0.2) is 16.7 Å². The van der Waals surface area contributed by atoms with E-state index in [0.717, 1.165) is 16.8 Å². The number of carbonyl (C=O) groups is 2. The highest BCUT2D eigenvalue weighted by molar-refractivity contribution is 5.92. The highest BCUT2D eigenvalue weighted by Crippen LogP contribution is 2.33. The molecule has 2 aromatic rings. The summed E-state index contributed by atoms with van der Waals surface area (Å²) in [6.07, 6.45) is 3.88. The van der Waals surface area contributed by atoms with Gasteiger partial charge in [-0.1, -0.05) is 42.5 Å². The zero-order valence-electron chi connectivity index (χ0n) is 12.9. The minimum atomic E-state index is -0.280. The van der Waals surface area contributed by atoms with E-state index in [1.165, 1.54) is 6.92 Å². The van der Waals surface area contributed by atoms with Crippen molar-refractivity contribution in [1.82, 2.24) is 4.90 Å². The topological polar surface area (TPSA) is 49.4 Å². The summed E-state index contributed by atoms with van der Waals surface area (Å²) in [6.45, 7) is 1.51. The maximum atomic E-state index is 12.4. The quantitative estimate of drug-likeness (QED) is 0.942. The average molecular weight is 306 g/mol. The van der Waals surface area contributed by atoms with Gasteiger partial charge in [0.15, 0.2) is 0 Å². The van der Waals surface area contributed by atoms with Crippen LogP contribution in [0.15, 0.2) is 60.8 Å². The van der Waals surface area contributed by atoms with Crippen LogP contribution in [0.25, 0.3) is 6.08 Å². The number of fused-ring (bicyclic) bond motifs is 1. The first kappa shape index (κ1) is 15.0. The Labute approximate surface area is 135 Å². The Morgan fingerprint density at radius 3 is 2.48 bits per heavy atom. The standard InChI is InChI=1S/C19H18N2O2/c1-14(22)21-12-11-15-7-5-6-10-17(15)18(21)13-19(23)20-16-8-3-2-4-9-16/h2-12,18H,13H2,1H3,(H,20,23)/t18-/m0/s1. The molecule has 1 aliphatic heterocycles. The minimum absolute atomic E-state index is 0.0757. The summed E-state index contributed by atoms with van der Waals surface area (Å²) < 4.78 is 0. The van der Waals surface area contributed by atoms with Crippen LogP contribution in [0.4, 0.5) is 5.69 Å². The highest BCUT2D eigenvalue weighted by Gasteiger charge is 2.28. The fraction of sp³-hybridized carbons (Fsp3) is 0.158. The van der Waals surface area contributed by atoms with E-state index in [-0.39, 0.29) is 24.3 Å². The molecule has 0 saturated heterocycles. The van der Waals surface area contributed by atoms with E-state index in [1.54, 1.807) is 11.1 Å². The van der Waals surface area contributed by atoms with Crippen LogP contribution in [-0.2, 0) is 9.59 Å². The van der Waals surface area contributed by atoms with Crippen LogP contribution < -0.4 is 5.32 Å². The molecule has 1 aliphatic rings. The third-order valence-electron chi connectivity index (χ3n) is 3.91. The van der Waals surface area contributed by atoms with Crippen LogP contribution in [0.1, 0.15) is 30.5 Å². The molecule has 1 N–H and O–H groups in total. The molecule has 2 amide bonds. The predicted molar refractivity (Wildman–Crippen MR) is 90.4 cm³/mol. The van der Waals surface area contributed by atoms with Gasteiger partial charge >= 0.3 is 0 Å². The molecule has 0 aromatic heterocycles. The van der Waals surface area contributed by atoms with Crippen LogP contribution in [0, 0.1) is 0 Å². The van der Waals surface area contributed by atoms with E-state index < -0.39 is 0 Å². The number of benzene rings is 2. The van der Waals surface area contributed by atoms with Crippen molar-refractivity contribution >= 4 is 23.6 Å². The molecule has 0 unspecified atom stereocenters. The van der Waals surface area contributed by atoms with Gasteiger partial charge in [0.05, 0.1) is 12.5 Å². The number of anilines is 1. The van der Waals surface area contributed by atoms with Gasteiger partial charge in [-0.3, -0.25) is 9.59 Å². The van der Waals surface area contributed by atoms with Crippen LogP contribution in [0.5, 0.6) is 0 Å². The second kappa shape index (κ2) is 6.48. The summed E-state index contributed by atoms with van der Waals surface area (Å²) in [5.74, 6) is -0.189. The molecule has 0 bridgehead atoms. The van der Waals surface area contributed by atoms with E-state index in [9.17, 15) is 9.59 Å². The largest absolute Gasteiger partial charge is 0.326 e. The predicted octanol–water partition coefficient (Wildman–Crippen LogP) is 3.59. The van der Waals surface area contributed by atoms with Gasteiger partial charge < -0.3 is 10.2 Å². The van der Waals surface area contributed by atoms with Crippen molar-refractivity contribution in [3.8, 4) is 0 Å². The summed E-state index contributed by atoms with van der Waals surface area (Å²) in [5, 5.41) is 2.88. The lowest BCUT2D eigenvalue weighted by Crippen LogP contribution is -2.33. The molecule has 0 fully saturated rings. The van der Waals surface area contributed by atoms with Crippen molar-refractivity contribution in [2.75, 3.05) is 5.32 Å². The van der Waals surface area contributed by atoms with Crippen molar-refractivity contribution in [3.63, 3.8) is 0 Å². The maximum absolute atomic E-state index is 12.4. The third-order valence-corrected chi connectivity index (χ3v) is 3.91. The van der Waals surface area contributed by atoms with Crippen molar-refractivity contribution < 1.29 is 9.59 Å². The Balaban J connectivity index is 1.82. The van der Waals surface area contributed by atoms with Crippen molar-refractivity contribution in [2.24, 2.45) is 0 Å². The molecule has 116 valence electrons. The second-order valence-electron chi connectivity index (χ2n) is 5.51. The minimum Gasteiger partial charge on any atom is -0.326 e. The second-order valence-corrected chi connectivity index (χ2v) is 5.51. The maximum Gasteiger partial charge on any atom is 0.226 e. The van der Waals surface area contributed by atoms with Crippen LogP contribution in [0.3, 0.4) is 0 Å². The molecular formula is C19H18N2O2. The first-order chi connectivity index (χ1) is 11.1. The summed E-state index contributed by atoms with van der Waals surface area (Å²) in [5.41, 5.74) is 2.79. The Morgan fingerprint density at radius 1 is 1.04 bits per heavy atom. The van der Waals surface area contributed by atoms with Crippen LogP contribution in [0.2, 0.25) is 0 Å². The van der Waals surface area contributed by atoms with E-state index in [0.29, 0.717) is 0 Å². The van der Waals surface area contributed by atoms with Gasteiger partial charge in [0, 0.05) is 18.8 Å². The fourth-order valence-electron chi connectivity index (χ4n) is 2.82. The van der Waals surface area contributed by atoms with Gasteiger partial charge in [-0.15, -0.1) is 0 Å². The zero-order valence-corrected chi connectivity index (χ0v) is 12.9. The number of para-hydroxylation sites is 1. The number of hydrogen-bond acceptors (Lipinski definition) is 2. The Hall–Kier alpha value is -2.88. The van der Waals surface area contributed by atoms with Gasteiger partial charge in [0.25, 0.3) is 0 Å². The summed E-state index contributed by atoms with van der Waals surface area (Å²) in [4.78, 5) is 25.9. The molecule has 1 atom stereocenters. The van der Waals surface area contributed by atoms with Crippen molar-refractivity contribution in [1.29, 1.82) is 0 Å². The van der Waals surface area contributed by atoms with Gasteiger partial charge in [0.2, 0.25) is 11.8 Å². The molecular weight excluding hydrogens is 288 g/mol. The number of hydrogen-bond donors (Lipinski definition) is 1. The van der Waals surface area contributed by atoms with E-state index in [2.05, 4.69) is 5.32 Å². The Bertz CT molecular complexity index is 753. The van der Waals surface area contributed by atoms with Crippen molar-refractivity contribution in [3.05, 3.63) is 71.9 Å². The van der Waals surface area contributed by atoms with Crippen LogP contribution >= 0.6 is 0 Å². The number of nitrogens with zero attached hydrogens (tertiary/aromatic N) is 1. The molecule has 0 spiro atoms. The van der Waals surface area contributed by atoms with Gasteiger partial charge in [0.1, 0.15) is 0 Å². The Kier molecular flexibility index (Phi) is 4.24. The van der Waals surface area contributed by atoms with Gasteiger partial charge in [-0.05, 0) is 29.3 Å². The normalized spacial score (nSPS) is 15.9. The molecule has 1 heterocycles. The molecule has 4 heteroatoms. The first-order valence-electron chi connectivity index (χ1n) is 7.56. The summed E-state index contributed by atoms with van der Waals surface area (Å²) >= 11 is 0. The lowest BCUT2D eigenvalue weighted by molar-refractivity contribution is -0.129. The molecule has 2 aromatic carbocycles. The number of rotatable bonds is 3. The van der Waals surface area contributed by atoms with E-state index in [1.807, 2.05) is 60.7 Å². The molecule has 23 heavy (non-hydrogen) atoms. The molecule has 4 nitrogen and oxygen atoms in total. The average Bonchev–Trinajstić information content (AvgIpc) is 2.55. The summed E-state index contributed by atoms with van der Waals surface area (Å²) in [6, 6.07) is 16.9. The summed E-state index contributed by atoms with van der Waals surface area (Å²) in [7, 11) is 0. The SMILES string of the molecule is CC(=O)N1C=Cc2ccccc2[C@@H]1CC(=O)Nc1ccccc1. The Morgan fingerprint density at radius 2 is 1.74 bits per heavy atom. The fourth-order valence-corrected chi connectivity index (χ4v) is 2.82. The highest BCUT2D eigenvalue weighted by atomic mass is 16.2. The number of amides is 2. The zero-order chi connectivity index (χ0) is 16.2. The van der Waals surface area contributed by atoms with E-state index >= 15 is 0 Å². The molecule has 0 saturated carbocycles. The molecule has 0 aliphatic carbocycles. The number of carbonyl (C=O) groups excluding carboxylic acids is 2. The lowest BCUT2D eigenvalue weighted by atomic mass is 9.93. The monoisotopic (exact) mass is 306 g/mol.